The van der Waals surface area contributed by atoms with Gasteiger partial charge in [0, 0.05) is 41.2 Å². The summed E-state index contributed by atoms with van der Waals surface area (Å²) >= 11 is 9.79. The lowest BCUT2D eigenvalue weighted by Crippen LogP contribution is -2.18. The van der Waals surface area contributed by atoms with Crippen LogP contribution in [0.1, 0.15) is 12.1 Å². The third kappa shape index (κ3) is 7.03. The minimum Gasteiger partial charge on any atom is -0.486 e. The molecule has 1 saturated heterocycles. The number of carbonyl (C=O) groups is 1. The molecule has 1 aliphatic rings. The first-order valence-corrected chi connectivity index (χ1v) is 13.7. The fourth-order valence-corrected chi connectivity index (χ4v) is 4.38. The van der Waals surface area contributed by atoms with Crippen LogP contribution < -0.4 is 20.1 Å². The van der Waals surface area contributed by atoms with Gasteiger partial charge in [-0.25, -0.2) is 9.97 Å². The minimum absolute atomic E-state index is 0.101. The molecule has 200 valence electrons. The molecule has 0 aliphatic carbocycles. The second kappa shape index (κ2) is 12.9. The van der Waals surface area contributed by atoms with Gasteiger partial charge in [0.05, 0.1) is 35.1 Å². The molecular formula is C28H25BrClN5O4. The maximum atomic E-state index is 12.5. The van der Waals surface area contributed by atoms with E-state index in [0.717, 1.165) is 12.1 Å². The van der Waals surface area contributed by atoms with Gasteiger partial charge in [-0.2, -0.15) is 0 Å². The van der Waals surface area contributed by atoms with Crippen LogP contribution in [-0.4, -0.2) is 45.5 Å². The van der Waals surface area contributed by atoms with Crippen molar-refractivity contribution in [3.05, 3.63) is 83.9 Å². The standard InChI is InChI=1S/C28H25BrClN5O4/c29-9-3-5-27(36)35-24-13-21-23(14-26(24)39-20-8-11-37-16-20)32-17-33-28(21)34-18-6-7-25(22(30)12-18)38-15-19-4-1-2-10-31-19/h1-7,10,12-14,17,20H,8-9,11,15-16H2,(H,35,36)(H,32,33,34). The molecule has 1 unspecified atom stereocenters. The van der Waals surface area contributed by atoms with Crippen molar-refractivity contribution in [1.82, 2.24) is 15.0 Å². The molecule has 0 saturated carbocycles. The number of fused-ring (bicyclic) bond motifs is 1. The highest BCUT2D eigenvalue weighted by Crippen LogP contribution is 2.36. The van der Waals surface area contributed by atoms with Crippen LogP contribution in [0.4, 0.5) is 17.2 Å². The maximum absolute atomic E-state index is 12.5. The Balaban J connectivity index is 1.40. The molecule has 11 heteroatoms. The first kappa shape index (κ1) is 26.9. The van der Waals surface area contributed by atoms with Gasteiger partial charge < -0.3 is 24.8 Å². The molecule has 0 bridgehead atoms. The molecule has 1 aliphatic heterocycles. The van der Waals surface area contributed by atoms with Crippen LogP contribution in [0.25, 0.3) is 10.9 Å². The number of nitrogens with zero attached hydrogens (tertiary/aromatic N) is 3. The molecule has 2 N–H and O–H groups in total. The van der Waals surface area contributed by atoms with Crippen molar-refractivity contribution in [2.75, 3.05) is 29.2 Å². The van der Waals surface area contributed by atoms with Gasteiger partial charge in [0.25, 0.3) is 0 Å². The zero-order valence-corrected chi connectivity index (χ0v) is 23.1. The number of nitrogens with one attached hydrogen (secondary N) is 2. The topological polar surface area (TPSA) is 107 Å². The molecule has 1 amide bonds. The normalized spacial score (nSPS) is 15.0. The Bertz CT molecular complexity index is 1480. The van der Waals surface area contributed by atoms with E-state index in [-0.39, 0.29) is 12.0 Å². The second-order valence-corrected chi connectivity index (χ2v) is 9.67. The highest BCUT2D eigenvalue weighted by atomic mass is 79.9. The summed E-state index contributed by atoms with van der Waals surface area (Å²) in [6.07, 6.45) is 7.03. The van der Waals surface area contributed by atoms with Crippen LogP contribution in [0.15, 0.2) is 73.2 Å². The number of benzene rings is 2. The first-order valence-electron chi connectivity index (χ1n) is 12.2. The number of allylic oxidation sites excluding steroid dienone is 1. The summed E-state index contributed by atoms with van der Waals surface area (Å²) in [7, 11) is 0. The fraction of sp³-hybridized carbons (Fsp3) is 0.214. The van der Waals surface area contributed by atoms with Crippen molar-refractivity contribution in [3.8, 4) is 11.5 Å². The van der Waals surface area contributed by atoms with Crippen LogP contribution in [0, 0.1) is 0 Å². The lowest BCUT2D eigenvalue weighted by molar-refractivity contribution is -0.111. The largest absolute Gasteiger partial charge is 0.486 e. The van der Waals surface area contributed by atoms with Gasteiger partial charge in [-0.05, 0) is 36.4 Å². The Labute approximate surface area is 238 Å². The molecule has 1 fully saturated rings. The maximum Gasteiger partial charge on any atom is 0.248 e. The Morgan fingerprint density at radius 2 is 2.08 bits per heavy atom. The molecule has 0 spiro atoms. The second-order valence-electron chi connectivity index (χ2n) is 8.62. The molecule has 0 radical (unpaired) electrons. The van der Waals surface area contributed by atoms with Crippen LogP contribution in [-0.2, 0) is 16.1 Å². The summed E-state index contributed by atoms with van der Waals surface area (Å²) < 4.78 is 17.4. The molecule has 3 heterocycles. The summed E-state index contributed by atoms with van der Waals surface area (Å²) in [5.41, 5.74) is 2.67. The fourth-order valence-electron chi connectivity index (χ4n) is 3.96. The number of anilines is 3. The number of pyridine rings is 1. The van der Waals surface area contributed by atoms with Crippen LogP contribution in [0.5, 0.6) is 11.5 Å². The SMILES string of the molecule is O=C(C=CCBr)Nc1cc2c(Nc3ccc(OCc4ccccn4)c(Cl)c3)ncnc2cc1OC1CCOC1. The van der Waals surface area contributed by atoms with E-state index in [4.69, 9.17) is 25.8 Å². The monoisotopic (exact) mass is 609 g/mol. The predicted molar refractivity (Wildman–Crippen MR) is 154 cm³/mol. The zero-order chi connectivity index (χ0) is 27.0. The highest BCUT2D eigenvalue weighted by Gasteiger charge is 2.21. The predicted octanol–water partition coefficient (Wildman–Crippen LogP) is 6.06. The van der Waals surface area contributed by atoms with Gasteiger partial charge >= 0.3 is 0 Å². The summed E-state index contributed by atoms with van der Waals surface area (Å²) in [5.74, 6) is 1.32. The minimum atomic E-state index is -0.277. The molecule has 4 aromatic rings. The summed E-state index contributed by atoms with van der Waals surface area (Å²) in [5, 5.41) is 7.91. The number of ether oxygens (including phenoxy) is 3. The summed E-state index contributed by atoms with van der Waals surface area (Å²) in [6.45, 7) is 1.44. The highest BCUT2D eigenvalue weighted by molar-refractivity contribution is 9.09. The lowest BCUT2D eigenvalue weighted by Gasteiger charge is -2.18. The number of rotatable bonds is 10. The molecule has 1 atom stereocenters. The van der Waals surface area contributed by atoms with E-state index >= 15 is 0 Å². The van der Waals surface area contributed by atoms with Crippen molar-refractivity contribution in [2.24, 2.45) is 0 Å². The average molecular weight is 611 g/mol. The Morgan fingerprint density at radius 3 is 2.85 bits per heavy atom. The average Bonchev–Trinajstić information content (AvgIpc) is 3.46. The smallest absolute Gasteiger partial charge is 0.248 e. The van der Waals surface area contributed by atoms with Crippen molar-refractivity contribution >= 4 is 61.5 Å². The van der Waals surface area contributed by atoms with Crippen LogP contribution in [0.2, 0.25) is 5.02 Å². The van der Waals surface area contributed by atoms with E-state index in [1.807, 2.05) is 24.3 Å². The molecule has 2 aromatic heterocycles. The molecule has 2 aromatic carbocycles. The van der Waals surface area contributed by atoms with E-state index in [1.54, 1.807) is 36.5 Å². The number of alkyl halides is 1. The third-order valence-electron chi connectivity index (χ3n) is 5.83. The molecular weight excluding hydrogens is 586 g/mol. The van der Waals surface area contributed by atoms with Crippen LogP contribution in [0.3, 0.4) is 0 Å². The molecule has 39 heavy (non-hydrogen) atoms. The van der Waals surface area contributed by atoms with E-state index in [2.05, 4.69) is 41.5 Å². The number of hydrogen-bond donors (Lipinski definition) is 2. The van der Waals surface area contributed by atoms with Gasteiger partial charge in [-0.3, -0.25) is 9.78 Å². The Kier molecular flexibility index (Phi) is 8.87. The van der Waals surface area contributed by atoms with Gasteiger partial charge in [-0.1, -0.05) is 39.7 Å². The zero-order valence-electron chi connectivity index (χ0n) is 20.8. The van der Waals surface area contributed by atoms with Gasteiger partial charge in [0.1, 0.15) is 36.4 Å². The van der Waals surface area contributed by atoms with Crippen molar-refractivity contribution in [2.45, 2.75) is 19.1 Å². The number of carbonyl (C=O) groups excluding carboxylic acids is 1. The van der Waals surface area contributed by atoms with Crippen molar-refractivity contribution in [1.29, 1.82) is 0 Å². The van der Waals surface area contributed by atoms with E-state index in [0.29, 0.717) is 69.8 Å². The summed E-state index contributed by atoms with van der Waals surface area (Å²) in [6, 6.07) is 14.6. The third-order valence-corrected chi connectivity index (χ3v) is 6.50. The lowest BCUT2D eigenvalue weighted by atomic mass is 10.1. The molecule has 9 nitrogen and oxygen atoms in total. The Morgan fingerprint density at radius 1 is 1.15 bits per heavy atom. The molecule has 5 rings (SSSR count). The van der Waals surface area contributed by atoms with Crippen molar-refractivity contribution in [3.63, 3.8) is 0 Å². The van der Waals surface area contributed by atoms with Gasteiger partial charge in [0.2, 0.25) is 5.91 Å². The van der Waals surface area contributed by atoms with E-state index in [9.17, 15) is 4.79 Å². The van der Waals surface area contributed by atoms with E-state index in [1.165, 1.54) is 12.4 Å². The van der Waals surface area contributed by atoms with Crippen molar-refractivity contribution < 1.29 is 19.0 Å². The number of amides is 1. The Hall–Kier alpha value is -3.73. The van der Waals surface area contributed by atoms with Gasteiger partial charge in [-0.15, -0.1) is 0 Å². The van der Waals surface area contributed by atoms with Gasteiger partial charge in [0.15, 0.2) is 0 Å². The van der Waals surface area contributed by atoms with Crippen LogP contribution >= 0.6 is 27.5 Å². The quantitative estimate of drug-likeness (QED) is 0.165. The summed E-state index contributed by atoms with van der Waals surface area (Å²) in [4.78, 5) is 25.6. The number of hydrogen-bond acceptors (Lipinski definition) is 8. The first-order chi connectivity index (χ1) is 19.1. The number of aromatic nitrogens is 3. The van der Waals surface area contributed by atoms with E-state index < -0.39 is 0 Å². The number of halogens is 2.